The van der Waals surface area contributed by atoms with Crippen molar-refractivity contribution in [3.05, 3.63) is 35.9 Å². The van der Waals surface area contributed by atoms with Gasteiger partial charge in [-0.15, -0.1) is 0 Å². The van der Waals surface area contributed by atoms with Gasteiger partial charge in [0.2, 0.25) is 0 Å². The van der Waals surface area contributed by atoms with Crippen molar-refractivity contribution >= 4 is 15.9 Å². The maximum atomic E-state index is 11.9. The van der Waals surface area contributed by atoms with Gasteiger partial charge in [-0.2, -0.15) is 8.42 Å². The van der Waals surface area contributed by atoms with E-state index < -0.39 is 27.4 Å². The summed E-state index contributed by atoms with van der Waals surface area (Å²) in [4.78, 5) is 13.9. The van der Waals surface area contributed by atoms with E-state index in [2.05, 4.69) is 0 Å². The Labute approximate surface area is 168 Å². The fraction of sp³-hybridized carbons (Fsp3) is 0.667. The second-order valence-corrected chi connectivity index (χ2v) is 10.4. The van der Waals surface area contributed by atoms with Crippen LogP contribution in [-0.4, -0.2) is 54.7 Å². The van der Waals surface area contributed by atoms with E-state index in [9.17, 15) is 18.3 Å². The lowest BCUT2D eigenvalue weighted by atomic mass is 9.70. The first kappa shape index (κ1) is 23.0. The third-order valence-electron chi connectivity index (χ3n) is 6.98. The van der Waals surface area contributed by atoms with Crippen LogP contribution in [0.3, 0.4) is 0 Å². The molecule has 0 radical (unpaired) electrons. The van der Waals surface area contributed by atoms with E-state index in [0.29, 0.717) is 12.8 Å². The average molecular weight is 412 g/mol. The molecule has 1 aromatic rings. The van der Waals surface area contributed by atoms with E-state index in [1.807, 2.05) is 70.1 Å². The van der Waals surface area contributed by atoms with Gasteiger partial charge in [0.15, 0.2) is 0 Å². The molecule has 7 heteroatoms. The predicted octanol–water partition coefficient (Wildman–Crippen LogP) is 2.94. The quantitative estimate of drug-likeness (QED) is 0.724. The molecule has 2 N–H and O–H groups in total. The van der Waals surface area contributed by atoms with E-state index in [-0.39, 0.29) is 23.2 Å². The van der Waals surface area contributed by atoms with Crippen LogP contribution in [0.4, 0.5) is 0 Å². The Bertz CT molecular complexity index is 790. The number of aliphatic hydroxyl groups excluding tert-OH is 1. The number of rotatable bonds is 5. The van der Waals surface area contributed by atoms with Gasteiger partial charge in [0, 0.05) is 12.5 Å². The number of carbonyl (C=O) groups excluding carboxylic acids is 1. The summed E-state index contributed by atoms with van der Waals surface area (Å²) in [7, 11) is -0.138. The van der Waals surface area contributed by atoms with Gasteiger partial charge in [0.25, 0.3) is 10.1 Å². The molecule has 0 amide bonds. The van der Waals surface area contributed by atoms with Crippen molar-refractivity contribution in [2.75, 3.05) is 19.8 Å². The topological polar surface area (TPSA) is 94.9 Å². The number of likely N-dealkylation sites (N-methyl/N-ethyl adjacent to an activating group) is 1. The maximum Gasteiger partial charge on any atom is 0.265 e. The SMILES string of the molecule is CC1(C)C2CC[C@@]1(CS(=O)(=O)O)C(=O)C2.C[C@@H]([C@H](O)c1ccccc1)N(C)C. The Hall–Kier alpha value is -1.28. The molecule has 158 valence electrons. The molecule has 4 atom stereocenters. The van der Waals surface area contributed by atoms with Gasteiger partial charge in [-0.25, -0.2) is 0 Å². The van der Waals surface area contributed by atoms with Gasteiger partial charge in [0.05, 0.1) is 17.3 Å². The minimum absolute atomic E-state index is 0.0152. The van der Waals surface area contributed by atoms with Crippen molar-refractivity contribution in [1.29, 1.82) is 0 Å². The first-order chi connectivity index (χ1) is 12.8. The lowest BCUT2D eigenvalue weighted by Gasteiger charge is -2.35. The highest BCUT2D eigenvalue weighted by molar-refractivity contribution is 7.85. The molecule has 2 aliphatic rings. The normalized spacial score (nSPS) is 28.0. The highest BCUT2D eigenvalue weighted by Gasteiger charge is 2.65. The van der Waals surface area contributed by atoms with Gasteiger partial charge < -0.3 is 10.0 Å². The Morgan fingerprint density at radius 3 is 2.18 bits per heavy atom. The predicted molar refractivity (Wildman–Crippen MR) is 110 cm³/mol. The molecule has 6 nitrogen and oxygen atoms in total. The molecule has 0 saturated heterocycles. The van der Waals surface area contributed by atoms with Crippen molar-refractivity contribution in [1.82, 2.24) is 4.90 Å². The molecule has 1 aromatic carbocycles. The number of nitrogens with zero attached hydrogens (tertiary/aromatic N) is 1. The van der Waals surface area contributed by atoms with E-state index in [1.54, 1.807) is 0 Å². The Morgan fingerprint density at radius 1 is 1.21 bits per heavy atom. The molecule has 2 aliphatic carbocycles. The van der Waals surface area contributed by atoms with Crippen LogP contribution in [0.15, 0.2) is 30.3 Å². The molecule has 2 bridgehead atoms. The minimum atomic E-state index is -4.08. The summed E-state index contributed by atoms with van der Waals surface area (Å²) in [6.07, 6.45) is 1.57. The Morgan fingerprint density at radius 2 is 1.79 bits per heavy atom. The second-order valence-electron chi connectivity index (χ2n) is 8.95. The van der Waals surface area contributed by atoms with Crippen molar-refractivity contribution in [3.8, 4) is 0 Å². The van der Waals surface area contributed by atoms with Crippen molar-refractivity contribution in [2.24, 2.45) is 16.7 Å². The Kier molecular flexibility index (Phi) is 6.76. The van der Waals surface area contributed by atoms with E-state index in [0.717, 1.165) is 12.0 Å². The van der Waals surface area contributed by atoms with Gasteiger partial charge >= 0.3 is 0 Å². The summed E-state index contributed by atoms with van der Waals surface area (Å²) >= 11 is 0. The largest absolute Gasteiger partial charge is 0.387 e. The fourth-order valence-corrected chi connectivity index (χ4v) is 5.93. The zero-order chi connectivity index (χ0) is 21.3. The zero-order valence-corrected chi connectivity index (χ0v) is 18.2. The summed E-state index contributed by atoms with van der Waals surface area (Å²) < 4.78 is 31.0. The van der Waals surface area contributed by atoms with Crippen LogP contribution in [0.1, 0.15) is 51.7 Å². The van der Waals surface area contributed by atoms with Crippen LogP contribution in [-0.2, 0) is 14.9 Å². The maximum absolute atomic E-state index is 11.9. The first-order valence-corrected chi connectivity index (χ1v) is 11.3. The molecular weight excluding hydrogens is 378 g/mol. The number of hydrogen-bond acceptors (Lipinski definition) is 5. The van der Waals surface area contributed by atoms with Gasteiger partial charge in [-0.05, 0) is 50.8 Å². The molecule has 0 aromatic heterocycles. The summed E-state index contributed by atoms with van der Waals surface area (Å²) in [6.45, 7) is 5.90. The molecule has 0 spiro atoms. The number of hydrogen-bond donors (Lipinski definition) is 2. The smallest absolute Gasteiger partial charge is 0.265 e. The standard InChI is InChI=1S/C11H17NO.C10H16O4S/c1-9(12(2)3)11(13)10-7-5-4-6-8-10;1-9(2)7-3-4-10(9,8(11)5-7)6-15(12,13)14/h4-9,11,13H,1-3H3;7H,3-6H2,1-2H3,(H,12,13,14)/t9-,11-;7?,10-/m01/s1. The van der Waals surface area contributed by atoms with Crippen molar-refractivity contribution in [2.45, 2.75) is 52.2 Å². The van der Waals surface area contributed by atoms with Crippen molar-refractivity contribution < 1.29 is 22.9 Å². The van der Waals surface area contributed by atoms with Gasteiger partial charge in [0.1, 0.15) is 5.78 Å². The summed E-state index contributed by atoms with van der Waals surface area (Å²) in [5, 5.41) is 9.92. The number of benzene rings is 1. The van der Waals surface area contributed by atoms with Crippen LogP contribution in [0, 0.1) is 16.7 Å². The van der Waals surface area contributed by atoms with E-state index in [4.69, 9.17) is 4.55 Å². The summed E-state index contributed by atoms with van der Waals surface area (Å²) in [6, 6.07) is 9.88. The first-order valence-electron chi connectivity index (χ1n) is 9.70. The number of ketones is 1. The van der Waals surface area contributed by atoms with Gasteiger partial charge in [-0.1, -0.05) is 44.2 Å². The van der Waals surface area contributed by atoms with E-state index >= 15 is 0 Å². The Balaban J connectivity index is 0.000000203. The zero-order valence-electron chi connectivity index (χ0n) is 17.4. The third kappa shape index (κ3) is 4.48. The number of carbonyl (C=O) groups is 1. The van der Waals surface area contributed by atoms with Crippen LogP contribution >= 0.6 is 0 Å². The molecule has 1 unspecified atom stereocenters. The van der Waals surface area contributed by atoms with Crippen LogP contribution in [0.2, 0.25) is 0 Å². The molecule has 0 aliphatic heterocycles. The van der Waals surface area contributed by atoms with Gasteiger partial charge in [-0.3, -0.25) is 9.35 Å². The fourth-order valence-electron chi connectivity index (χ4n) is 4.63. The highest BCUT2D eigenvalue weighted by Crippen LogP contribution is 2.64. The summed E-state index contributed by atoms with van der Waals surface area (Å²) in [5.74, 6) is -0.101. The second kappa shape index (κ2) is 8.22. The van der Waals surface area contributed by atoms with Crippen LogP contribution in [0.25, 0.3) is 0 Å². The lowest BCUT2D eigenvalue weighted by Crippen LogP contribution is -2.42. The minimum Gasteiger partial charge on any atom is -0.387 e. The number of fused-ring (bicyclic) bond motifs is 2. The summed E-state index contributed by atoms with van der Waals surface area (Å²) in [5.41, 5.74) is -0.144. The van der Waals surface area contributed by atoms with E-state index in [1.165, 1.54) is 0 Å². The average Bonchev–Trinajstić information content (AvgIpc) is 2.94. The van der Waals surface area contributed by atoms with Crippen LogP contribution in [0.5, 0.6) is 0 Å². The molecule has 3 rings (SSSR count). The highest BCUT2D eigenvalue weighted by atomic mass is 32.2. The molecule has 28 heavy (non-hydrogen) atoms. The molecule has 2 fully saturated rings. The molecule has 2 saturated carbocycles. The third-order valence-corrected chi connectivity index (χ3v) is 7.84. The number of Topliss-reactive ketones (excluding diaryl/α,β-unsaturated/α-hetero) is 1. The van der Waals surface area contributed by atoms with Crippen molar-refractivity contribution in [3.63, 3.8) is 0 Å². The van der Waals surface area contributed by atoms with Crippen LogP contribution < -0.4 is 0 Å². The number of aliphatic hydroxyl groups is 1. The molecular formula is C21H33NO5S. The lowest BCUT2D eigenvalue weighted by molar-refractivity contribution is -0.128. The molecule has 0 heterocycles. The monoisotopic (exact) mass is 411 g/mol.